The number of nitrogens with zero attached hydrogens (tertiary/aromatic N) is 2. The Hall–Kier alpha value is -3.26. The van der Waals surface area contributed by atoms with Crippen LogP contribution in [0, 0.1) is 0 Å². The molecule has 0 radical (unpaired) electrons. The number of alkyl halides is 3. The monoisotopic (exact) mass is 599 g/mol. The summed E-state index contributed by atoms with van der Waals surface area (Å²) in [6.45, 7) is 5.06. The number of rotatable bonds is 6. The number of hydrogen-bond donors (Lipinski definition) is 1. The van der Waals surface area contributed by atoms with Crippen LogP contribution in [0.15, 0.2) is 59.6 Å². The van der Waals surface area contributed by atoms with Crippen molar-refractivity contribution < 1.29 is 40.7 Å². The fourth-order valence-corrected chi connectivity index (χ4v) is 8.27. The molecule has 2 aliphatic heterocycles. The van der Waals surface area contributed by atoms with E-state index < -0.39 is 56.9 Å². The maximum atomic E-state index is 13.5. The number of hydrogen-bond acceptors (Lipinski definition) is 7. The number of benzene rings is 2. The molecule has 2 aromatic carbocycles. The highest BCUT2D eigenvalue weighted by Crippen LogP contribution is 2.41. The standard InChI is InChI=1S/C26H28F3N3O6S2/c1-25(2,3)38-24(34)30-19(13-16-7-5-4-6-8-16)22(33)31-23-32(20-14-40(35,36)15-21(20)39-23)17-9-11-18(12-10-17)37-26(27,28)29/h4-12,19-21H,13-15H2,1-3H3,(H,30,34)/t19-,20-,21-/m0/s1. The highest BCUT2D eigenvalue weighted by molar-refractivity contribution is 8.16. The van der Waals surface area contributed by atoms with Gasteiger partial charge < -0.3 is 19.7 Å². The van der Waals surface area contributed by atoms with Gasteiger partial charge in [0, 0.05) is 17.4 Å². The number of nitrogens with one attached hydrogen (secondary N) is 1. The van der Waals surface area contributed by atoms with Crippen molar-refractivity contribution in [3.63, 3.8) is 0 Å². The molecular formula is C26H28F3N3O6S2. The molecule has 0 bridgehead atoms. The van der Waals surface area contributed by atoms with Crippen LogP contribution in [-0.4, -0.2) is 66.4 Å². The van der Waals surface area contributed by atoms with Crippen molar-refractivity contribution in [2.45, 2.75) is 56.5 Å². The average Bonchev–Trinajstić information content (AvgIpc) is 3.28. The van der Waals surface area contributed by atoms with Crippen LogP contribution in [0.3, 0.4) is 0 Å². The molecule has 0 unspecified atom stereocenters. The van der Waals surface area contributed by atoms with Crippen molar-refractivity contribution in [2.24, 2.45) is 4.99 Å². The van der Waals surface area contributed by atoms with E-state index in [2.05, 4.69) is 15.0 Å². The number of fused-ring (bicyclic) bond motifs is 1. The van der Waals surface area contributed by atoms with Gasteiger partial charge in [-0.3, -0.25) is 4.79 Å². The summed E-state index contributed by atoms with van der Waals surface area (Å²) >= 11 is 1.10. The van der Waals surface area contributed by atoms with Gasteiger partial charge in [0.05, 0.1) is 17.5 Å². The Morgan fingerprint density at radius 2 is 1.73 bits per heavy atom. The number of anilines is 1. The van der Waals surface area contributed by atoms with Crippen LogP contribution in [-0.2, 0) is 25.8 Å². The first-order valence-electron chi connectivity index (χ1n) is 12.3. The number of amides is 2. The average molecular weight is 600 g/mol. The van der Waals surface area contributed by atoms with Crippen molar-refractivity contribution in [1.29, 1.82) is 0 Å². The Bertz CT molecular complexity index is 1380. The molecule has 0 aliphatic carbocycles. The minimum atomic E-state index is -4.87. The number of aliphatic imine (C=N–C) groups is 1. The molecule has 14 heteroatoms. The van der Waals surface area contributed by atoms with Crippen LogP contribution in [0.4, 0.5) is 23.7 Å². The third kappa shape index (κ3) is 7.90. The summed E-state index contributed by atoms with van der Waals surface area (Å²) in [5.74, 6) is -1.48. The molecule has 216 valence electrons. The first kappa shape index (κ1) is 29.7. The van der Waals surface area contributed by atoms with Crippen molar-refractivity contribution in [3.05, 3.63) is 60.2 Å². The smallest absolute Gasteiger partial charge is 0.444 e. The van der Waals surface area contributed by atoms with Gasteiger partial charge in [-0.1, -0.05) is 42.1 Å². The van der Waals surface area contributed by atoms with Gasteiger partial charge in [0.2, 0.25) is 0 Å². The molecule has 3 atom stereocenters. The lowest BCUT2D eigenvalue weighted by Gasteiger charge is -2.25. The van der Waals surface area contributed by atoms with Gasteiger partial charge >= 0.3 is 12.5 Å². The number of sulfone groups is 1. The first-order valence-corrected chi connectivity index (χ1v) is 15.0. The van der Waals surface area contributed by atoms with E-state index in [1.54, 1.807) is 49.9 Å². The van der Waals surface area contributed by atoms with E-state index in [1.807, 2.05) is 6.07 Å². The minimum absolute atomic E-state index is 0.116. The molecule has 1 N–H and O–H groups in total. The minimum Gasteiger partial charge on any atom is -0.444 e. The van der Waals surface area contributed by atoms with E-state index >= 15 is 0 Å². The Kier molecular flexibility index (Phi) is 8.41. The van der Waals surface area contributed by atoms with Crippen LogP contribution in [0.1, 0.15) is 26.3 Å². The van der Waals surface area contributed by atoms with E-state index in [9.17, 15) is 31.2 Å². The second-order valence-electron chi connectivity index (χ2n) is 10.3. The maximum Gasteiger partial charge on any atom is 0.573 e. The number of amidine groups is 1. The van der Waals surface area contributed by atoms with Gasteiger partial charge in [-0.25, -0.2) is 13.2 Å². The second kappa shape index (κ2) is 11.3. The predicted octanol–water partition coefficient (Wildman–Crippen LogP) is 4.32. The summed E-state index contributed by atoms with van der Waals surface area (Å²) in [5.41, 5.74) is 0.299. The number of thioether (sulfide) groups is 1. The van der Waals surface area contributed by atoms with Crippen molar-refractivity contribution in [3.8, 4) is 5.75 Å². The number of halogens is 3. The van der Waals surface area contributed by atoms with E-state index in [-0.39, 0.29) is 23.1 Å². The van der Waals surface area contributed by atoms with Gasteiger partial charge in [-0.05, 0) is 50.6 Å². The van der Waals surface area contributed by atoms with Crippen molar-refractivity contribution >= 4 is 44.5 Å². The number of carbonyl (C=O) groups excluding carboxylic acids is 2. The van der Waals surface area contributed by atoms with Gasteiger partial charge in [0.15, 0.2) is 15.0 Å². The van der Waals surface area contributed by atoms with Crippen LogP contribution < -0.4 is 15.0 Å². The fraction of sp³-hybridized carbons (Fsp3) is 0.423. The molecule has 2 fully saturated rings. The Balaban J connectivity index is 1.64. The highest BCUT2D eigenvalue weighted by atomic mass is 32.2. The summed E-state index contributed by atoms with van der Waals surface area (Å²) in [4.78, 5) is 31.8. The number of alkyl carbamates (subject to hydrolysis) is 1. The molecule has 40 heavy (non-hydrogen) atoms. The zero-order valence-electron chi connectivity index (χ0n) is 21.8. The quantitative estimate of drug-likeness (QED) is 0.522. The van der Waals surface area contributed by atoms with Crippen molar-refractivity contribution in [2.75, 3.05) is 16.4 Å². The third-order valence-electron chi connectivity index (χ3n) is 5.89. The van der Waals surface area contributed by atoms with Crippen molar-refractivity contribution in [1.82, 2.24) is 5.32 Å². The molecular weight excluding hydrogens is 571 g/mol. The topological polar surface area (TPSA) is 114 Å². The van der Waals surface area contributed by atoms with Gasteiger partial charge in [-0.15, -0.1) is 13.2 Å². The van der Waals surface area contributed by atoms with Gasteiger partial charge in [-0.2, -0.15) is 4.99 Å². The summed E-state index contributed by atoms with van der Waals surface area (Å²) in [5, 5.41) is 2.33. The molecule has 2 heterocycles. The van der Waals surface area contributed by atoms with Crippen LogP contribution in [0.25, 0.3) is 0 Å². The molecule has 0 saturated carbocycles. The summed E-state index contributed by atoms with van der Waals surface area (Å²) in [7, 11) is -3.37. The fourth-order valence-electron chi connectivity index (χ4n) is 4.35. The zero-order valence-corrected chi connectivity index (χ0v) is 23.5. The summed E-state index contributed by atoms with van der Waals surface area (Å²) in [6, 6.07) is 12.2. The molecule has 2 amide bonds. The van der Waals surface area contributed by atoms with Crippen LogP contribution in [0.2, 0.25) is 0 Å². The second-order valence-corrected chi connectivity index (χ2v) is 13.7. The van der Waals surface area contributed by atoms with Crippen LogP contribution >= 0.6 is 11.8 Å². The summed E-state index contributed by atoms with van der Waals surface area (Å²) in [6.07, 6.45) is -5.56. The SMILES string of the molecule is CC(C)(C)OC(=O)N[C@@H](Cc1ccccc1)C(=O)N=C1S[C@H]2CS(=O)(=O)C[C@@H]2N1c1ccc(OC(F)(F)F)cc1. The molecule has 2 saturated heterocycles. The molecule has 0 spiro atoms. The first-order chi connectivity index (χ1) is 18.6. The lowest BCUT2D eigenvalue weighted by molar-refractivity contribution is -0.274. The Morgan fingerprint density at radius 3 is 2.33 bits per heavy atom. The molecule has 2 aliphatic rings. The molecule has 0 aromatic heterocycles. The highest BCUT2D eigenvalue weighted by Gasteiger charge is 2.49. The Labute approximate surface area is 234 Å². The zero-order chi connectivity index (χ0) is 29.3. The van der Waals surface area contributed by atoms with E-state index in [1.165, 1.54) is 12.1 Å². The molecule has 2 aromatic rings. The largest absolute Gasteiger partial charge is 0.573 e. The van der Waals surface area contributed by atoms with E-state index in [4.69, 9.17) is 4.74 Å². The maximum absolute atomic E-state index is 13.5. The lowest BCUT2D eigenvalue weighted by atomic mass is 10.1. The normalized spacial score (nSPS) is 22.1. The van der Waals surface area contributed by atoms with Crippen LogP contribution in [0.5, 0.6) is 5.75 Å². The molecule has 9 nitrogen and oxygen atoms in total. The lowest BCUT2D eigenvalue weighted by Crippen LogP contribution is -2.45. The van der Waals surface area contributed by atoms with E-state index in [0.29, 0.717) is 5.69 Å². The van der Waals surface area contributed by atoms with Gasteiger partial charge in [0.25, 0.3) is 5.91 Å². The van der Waals surface area contributed by atoms with E-state index in [0.717, 1.165) is 29.5 Å². The third-order valence-corrected chi connectivity index (χ3v) is 9.10. The number of ether oxygens (including phenoxy) is 2. The Morgan fingerprint density at radius 1 is 1.07 bits per heavy atom. The molecule has 4 rings (SSSR count). The number of carbonyl (C=O) groups is 2. The summed E-state index contributed by atoms with van der Waals surface area (Å²) < 4.78 is 71.8. The van der Waals surface area contributed by atoms with Gasteiger partial charge in [0.1, 0.15) is 17.4 Å². The predicted molar refractivity (Wildman–Crippen MR) is 145 cm³/mol.